The molecule has 0 bridgehead atoms. The number of amides is 1. The van der Waals surface area contributed by atoms with Crippen LogP contribution in [0.4, 0.5) is 0 Å². The molecular weight excluding hydrogens is 288 g/mol. The van der Waals surface area contributed by atoms with Crippen LogP contribution in [0.1, 0.15) is 24.0 Å². The molecule has 122 valence electrons. The lowest BCUT2D eigenvalue weighted by atomic mass is 9.88. The Morgan fingerprint density at radius 1 is 1.22 bits per heavy atom. The monoisotopic (exact) mass is 312 g/mol. The number of ether oxygens (including phenoxy) is 1. The number of rotatable bonds is 5. The van der Waals surface area contributed by atoms with Crippen LogP contribution in [-0.2, 0) is 16.0 Å². The molecule has 1 fully saturated rings. The van der Waals surface area contributed by atoms with Gasteiger partial charge in [0.1, 0.15) is 0 Å². The van der Waals surface area contributed by atoms with Gasteiger partial charge in [-0.2, -0.15) is 0 Å². The first kappa shape index (κ1) is 16.0. The number of carbonyl (C=O) groups is 1. The van der Waals surface area contributed by atoms with Crippen molar-refractivity contribution in [3.05, 3.63) is 47.5 Å². The van der Waals surface area contributed by atoms with Gasteiger partial charge in [-0.3, -0.25) is 9.69 Å². The van der Waals surface area contributed by atoms with E-state index in [2.05, 4.69) is 29.2 Å². The van der Waals surface area contributed by atoms with E-state index >= 15 is 0 Å². The molecule has 0 aliphatic carbocycles. The molecular formula is C19H24N2O2. The Morgan fingerprint density at radius 2 is 1.96 bits per heavy atom. The molecule has 2 aromatic rings. The van der Waals surface area contributed by atoms with Crippen LogP contribution in [0.15, 0.2) is 36.4 Å². The van der Waals surface area contributed by atoms with Crippen LogP contribution in [0.5, 0.6) is 0 Å². The Balaban J connectivity index is 1.91. The molecule has 1 unspecified atom stereocenters. The first-order chi connectivity index (χ1) is 11.2. The topological polar surface area (TPSA) is 55.6 Å². The average molecular weight is 312 g/mol. The van der Waals surface area contributed by atoms with Crippen LogP contribution in [0.2, 0.25) is 0 Å². The van der Waals surface area contributed by atoms with Crippen molar-refractivity contribution in [3.8, 4) is 0 Å². The molecule has 1 amide bonds. The lowest BCUT2D eigenvalue weighted by Gasteiger charge is -2.27. The zero-order chi connectivity index (χ0) is 16.2. The lowest BCUT2D eigenvalue weighted by molar-refractivity contribution is -0.119. The Kier molecular flexibility index (Phi) is 4.94. The Labute approximate surface area is 137 Å². The standard InChI is InChI=1S/C19H24N2O2/c1-14(19(20)22)18-16(8-9-21-10-12-23-13-11-21)7-6-15-4-2-3-5-17(15)18/h2-7,14H,8-13H2,1H3,(H2,20,22). The molecule has 2 aromatic carbocycles. The fourth-order valence-corrected chi connectivity index (χ4v) is 3.32. The molecule has 3 rings (SSSR count). The van der Waals surface area contributed by atoms with Gasteiger partial charge < -0.3 is 10.5 Å². The van der Waals surface area contributed by atoms with Crippen LogP contribution < -0.4 is 5.73 Å². The highest BCUT2D eigenvalue weighted by molar-refractivity contribution is 5.93. The summed E-state index contributed by atoms with van der Waals surface area (Å²) in [6, 6.07) is 12.5. The van der Waals surface area contributed by atoms with Crippen LogP contribution >= 0.6 is 0 Å². The van der Waals surface area contributed by atoms with Crippen LogP contribution in [0.3, 0.4) is 0 Å². The third kappa shape index (κ3) is 3.54. The molecule has 1 aliphatic rings. The number of morpholine rings is 1. The van der Waals surface area contributed by atoms with Crippen molar-refractivity contribution in [2.24, 2.45) is 5.73 Å². The SMILES string of the molecule is CC(C(N)=O)c1c(CCN2CCOCC2)ccc2ccccc12. The third-order valence-electron chi connectivity index (χ3n) is 4.72. The van der Waals surface area contributed by atoms with Gasteiger partial charge in [0.2, 0.25) is 5.91 Å². The highest BCUT2D eigenvalue weighted by Crippen LogP contribution is 2.29. The molecule has 0 spiro atoms. The van der Waals surface area contributed by atoms with E-state index in [1.165, 1.54) is 5.56 Å². The second kappa shape index (κ2) is 7.11. The minimum absolute atomic E-state index is 0.269. The molecule has 0 aromatic heterocycles. The van der Waals surface area contributed by atoms with E-state index in [4.69, 9.17) is 10.5 Å². The van der Waals surface area contributed by atoms with Gasteiger partial charge in [-0.05, 0) is 35.2 Å². The van der Waals surface area contributed by atoms with Gasteiger partial charge in [0.05, 0.1) is 19.1 Å². The van der Waals surface area contributed by atoms with E-state index in [1.54, 1.807) is 0 Å². The van der Waals surface area contributed by atoms with Gasteiger partial charge in [-0.1, -0.05) is 36.4 Å². The van der Waals surface area contributed by atoms with Gasteiger partial charge >= 0.3 is 0 Å². The summed E-state index contributed by atoms with van der Waals surface area (Å²) in [5.41, 5.74) is 7.91. The van der Waals surface area contributed by atoms with E-state index in [1.807, 2.05) is 19.1 Å². The van der Waals surface area contributed by atoms with Gasteiger partial charge in [0.15, 0.2) is 0 Å². The maximum Gasteiger partial charge on any atom is 0.224 e. The summed E-state index contributed by atoms with van der Waals surface area (Å²) in [5, 5.41) is 2.30. The molecule has 4 nitrogen and oxygen atoms in total. The molecule has 4 heteroatoms. The molecule has 1 saturated heterocycles. The normalized spacial score (nSPS) is 17.3. The largest absolute Gasteiger partial charge is 0.379 e. The van der Waals surface area contributed by atoms with Gasteiger partial charge in [0, 0.05) is 19.6 Å². The Bertz CT molecular complexity index is 693. The quantitative estimate of drug-likeness (QED) is 0.922. The maximum absolute atomic E-state index is 11.8. The van der Waals surface area contributed by atoms with Crippen molar-refractivity contribution < 1.29 is 9.53 Å². The van der Waals surface area contributed by atoms with Crippen molar-refractivity contribution >= 4 is 16.7 Å². The zero-order valence-electron chi connectivity index (χ0n) is 13.6. The predicted molar refractivity (Wildman–Crippen MR) is 92.5 cm³/mol. The third-order valence-corrected chi connectivity index (χ3v) is 4.72. The zero-order valence-corrected chi connectivity index (χ0v) is 13.6. The number of hydrogen-bond donors (Lipinski definition) is 1. The summed E-state index contributed by atoms with van der Waals surface area (Å²) in [5.74, 6) is -0.547. The van der Waals surface area contributed by atoms with E-state index in [0.29, 0.717) is 0 Å². The second-order valence-corrected chi connectivity index (χ2v) is 6.19. The summed E-state index contributed by atoms with van der Waals surface area (Å²) in [4.78, 5) is 14.2. The lowest BCUT2D eigenvalue weighted by Crippen LogP contribution is -2.37. The molecule has 0 saturated carbocycles. The summed E-state index contributed by atoms with van der Waals surface area (Å²) in [6.07, 6.45) is 0.928. The number of carbonyl (C=O) groups excluding carboxylic acids is 1. The summed E-state index contributed by atoms with van der Waals surface area (Å²) >= 11 is 0. The number of fused-ring (bicyclic) bond motifs is 1. The molecule has 2 N–H and O–H groups in total. The van der Waals surface area contributed by atoms with Crippen LogP contribution in [0, 0.1) is 0 Å². The minimum atomic E-state index is -0.277. The number of nitrogens with two attached hydrogens (primary N) is 1. The minimum Gasteiger partial charge on any atom is -0.379 e. The van der Waals surface area contributed by atoms with E-state index in [-0.39, 0.29) is 11.8 Å². The molecule has 1 aliphatic heterocycles. The summed E-state index contributed by atoms with van der Waals surface area (Å²) in [6.45, 7) is 6.47. The average Bonchev–Trinajstić information content (AvgIpc) is 2.59. The fraction of sp³-hybridized carbons (Fsp3) is 0.421. The predicted octanol–water partition coefficient (Wildman–Crippen LogP) is 2.30. The maximum atomic E-state index is 11.8. The van der Waals surface area contributed by atoms with E-state index < -0.39 is 0 Å². The number of hydrogen-bond acceptors (Lipinski definition) is 3. The first-order valence-electron chi connectivity index (χ1n) is 8.27. The molecule has 1 heterocycles. The Morgan fingerprint density at radius 3 is 2.70 bits per heavy atom. The summed E-state index contributed by atoms with van der Waals surface area (Å²) < 4.78 is 5.40. The van der Waals surface area contributed by atoms with Crippen LogP contribution in [0.25, 0.3) is 10.8 Å². The molecule has 1 atom stereocenters. The second-order valence-electron chi connectivity index (χ2n) is 6.19. The Hall–Kier alpha value is -1.91. The van der Waals surface area contributed by atoms with Gasteiger partial charge in [-0.25, -0.2) is 0 Å². The van der Waals surface area contributed by atoms with Gasteiger partial charge in [-0.15, -0.1) is 0 Å². The number of primary amides is 1. The van der Waals surface area contributed by atoms with Gasteiger partial charge in [0.25, 0.3) is 0 Å². The summed E-state index contributed by atoms with van der Waals surface area (Å²) in [7, 11) is 0. The number of nitrogens with zero attached hydrogens (tertiary/aromatic N) is 1. The van der Waals surface area contributed by atoms with Crippen molar-refractivity contribution in [2.45, 2.75) is 19.3 Å². The highest BCUT2D eigenvalue weighted by Gasteiger charge is 2.19. The number of benzene rings is 2. The van der Waals surface area contributed by atoms with Crippen molar-refractivity contribution in [1.29, 1.82) is 0 Å². The first-order valence-corrected chi connectivity index (χ1v) is 8.27. The van der Waals surface area contributed by atoms with Crippen LogP contribution in [-0.4, -0.2) is 43.7 Å². The van der Waals surface area contributed by atoms with Crippen molar-refractivity contribution in [2.75, 3.05) is 32.8 Å². The smallest absolute Gasteiger partial charge is 0.224 e. The highest BCUT2D eigenvalue weighted by atomic mass is 16.5. The fourth-order valence-electron chi connectivity index (χ4n) is 3.32. The van der Waals surface area contributed by atoms with Crippen molar-refractivity contribution in [3.63, 3.8) is 0 Å². The van der Waals surface area contributed by atoms with Crippen molar-refractivity contribution in [1.82, 2.24) is 4.90 Å². The van der Waals surface area contributed by atoms with E-state index in [9.17, 15) is 4.79 Å². The molecule has 23 heavy (non-hydrogen) atoms. The molecule has 0 radical (unpaired) electrons. The van der Waals surface area contributed by atoms with E-state index in [0.717, 1.165) is 55.6 Å².